The van der Waals surface area contributed by atoms with Gasteiger partial charge in [-0.3, -0.25) is 19.8 Å². The number of rotatable bonds is 7. The van der Waals surface area contributed by atoms with Gasteiger partial charge in [-0.1, -0.05) is 18.2 Å². The average Bonchev–Trinajstić information content (AvgIpc) is 3.25. The molecule has 0 fully saturated rings. The van der Waals surface area contributed by atoms with E-state index >= 15 is 0 Å². The zero-order chi connectivity index (χ0) is 21.8. The molecule has 0 aliphatic carbocycles. The predicted octanol–water partition coefficient (Wildman–Crippen LogP) is 3.42. The topological polar surface area (TPSA) is 106 Å². The molecular formula is C21H24N6O3. The van der Waals surface area contributed by atoms with Crippen molar-refractivity contribution in [3.8, 4) is 5.69 Å². The molecule has 9 heteroatoms. The van der Waals surface area contributed by atoms with Crippen LogP contribution in [-0.2, 0) is 4.79 Å². The van der Waals surface area contributed by atoms with Crippen LogP contribution >= 0.6 is 0 Å². The number of aryl methyl sites for hydroxylation is 1. The van der Waals surface area contributed by atoms with E-state index in [-0.39, 0.29) is 29.9 Å². The van der Waals surface area contributed by atoms with Crippen LogP contribution in [0.2, 0.25) is 0 Å². The molecule has 0 saturated heterocycles. The van der Waals surface area contributed by atoms with Crippen molar-refractivity contribution in [2.75, 3.05) is 18.9 Å². The van der Waals surface area contributed by atoms with Gasteiger partial charge in [-0.15, -0.1) is 0 Å². The molecule has 0 radical (unpaired) electrons. The standard InChI is InChI=1S/C21H24N6O3/c1-14-5-10-19(27(29)30)21(15(14)2)24-20(28)11-25(4)16(3)17-6-8-18(9-7-17)26-13-22-12-23-26/h5-10,12-13,16H,11H2,1-4H3,(H,24,28)/t16-/m0/s1. The van der Waals surface area contributed by atoms with Gasteiger partial charge in [-0.25, -0.2) is 9.67 Å². The lowest BCUT2D eigenvalue weighted by molar-refractivity contribution is -0.384. The summed E-state index contributed by atoms with van der Waals surface area (Å²) in [4.78, 5) is 29.3. The van der Waals surface area contributed by atoms with Crippen molar-refractivity contribution < 1.29 is 9.72 Å². The highest BCUT2D eigenvalue weighted by atomic mass is 16.6. The summed E-state index contributed by atoms with van der Waals surface area (Å²) in [6.07, 6.45) is 3.10. The smallest absolute Gasteiger partial charge is 0.293 e. The maximum atomic E-state index is 12.6. The Morgan fingerprint density at radius 2 is 1.93 bits per heavy atom. The van der Waals surface area contributed by atoms with Gasteiger partial charge in [0.15, 0.2) is 0 Å². The van der Waals surface area contributed by atoms with Gasteiger partial charge in [0.1, 0.15) is 18.3 Å². The second kappa shape index (κ2) is 8.83. The van der Waals surface area contributed by atoms with E-state index in [1.54, 1.807) is 24.0 Å². The maximum Gasteiger partial charge on any atom is 0.293 e. The van der Waals surface area contributed by atoms with Crippen LogP contribution in [0.3, 0.4) is 0 Å². The molecule has 0 bridgehead atoms. The first-order valence-corrected chi connectivity index (χ1v) is 9.47. The van der Waals surface area contributed by atoms with E-state index in [2.05, 4.69) is 15.4 Å². The summed E-state index contributed by atoms with van der Waals surface area (Å²) in [5.74, 6) is -0.305. The molecule has 1 N–H and O–H groups in total. The van der Waals surface area contributed by atoms with Gasteiger partial charge in [0, 0.05) is 12.1 Å². The quantitative estimate of drug-likeness (QED) is 0.474. The van der Waals surface area contributed by atoms with Crippen molar-refractivity contribution in [2.24, 2.45) is 0 Å². The number of nitro benzene ring substituents is 1. The minimum atomic E-state index is -0.481. The molecule has 1 atom stereocenters. The van der Waals surface area contributed by atoms with Crippen LogP contribution in [0, 0.1) is 24.0 Å². The minimum Gasteiger partial charge on any atom is -0.319 e. The minimum absolute atomic E-state index is 0.0332. The average molecular weight is 408 g/mol. The van der Waals surface area contributed by atoms with E-state index < -0.39 is 4.92 Å². The van der Waals surface area contributed by atoms with E-state index in [9.17, 15) is 14.9 Å². The van der Waals surface area contributed by atoms with Crippen molar-refractivity contribution in [2.45, 2.75) is 26.8 Å². The number of nitrogens with one attached hydrogen (secondary N) is 1. The molecule has 0 unspecified atom stereocenters. The van der Waals surface area contributed by atoms with Gasteiger partial charge >= 0.3 is 0 Å². The molecule has 0 saturated carbocycles. The van der Waals surface area contributed by atoms with Crippen molar-refractivity contribution in [3.63, 3.8) is 0 Å². The molecule has 156 valence electrons. The Kier molecular flexibility index (Phi) is 6.22. The van der Waals surface area contributed by atoms with E-state index in [4.69, 9.17) is 0 Å². The van der Waals surface area contributed by atoms with E-state index in [0.29, 0.717) is 5.56 Å². The molecule has 2 aromatic carbocycles. The van der Waals surface area contributed by atoms with Gasteiger partial charge in [-0.05, 0) is 56.6 Å². The van der Waals surface area contributed by atoms with Crippen molar-refractivity contribution in [1.82, 2.24) is 19.7 Å². The van der Waals surface area contributed by atoms with E-state index in [0.717, 1.165) is 16.8 Å². The number of amides is 1. The number of nitrogens with zero attached hydrogens (tertiary/aromatic N) is 5. The SMILES string of the molecule is Cc1ccc([N+](=O)[O-])c(NC(=O)CN(C)[C@@H](C)c2ccc(-n3cncn3)cc2)c1C. The van der Waals surface area contributed by atoms with Crippen molar-refractivity contribution >= 4 is 17.3 Å². The number of hydrogen-bond acceptors (Lipinski definition) is 6. The fraction of sp³-hybridized carbons (Fsp3) is 0.286. The zero-order valence-electron chi connectivity index (χ0n) is 17.4. The Morgan fingerprint density at radius 3 is 2.53 bits per heavy atom. The van der Waals surface area contributed by atoms with E-state index in [1.807, 2.05) is 50.1 Å². The summed E-state index contributed by atoms with van der Waals surface area (Å²) in [5, 5.41) is 18.2. The van der Waals surface area contributed by atoms with E-state index in [1.165, 1.54) is 12.4 Å². The number of carbonyl (C=O) groups excluding carboxylic acids is 1. The van der Waals surface area contributed by atoms with Crippen LogP contribution in [0.4, 0.5) is 11.4 Å². The van der Waals surface area contributed by atoms with Crippen molar-refractivity contribution in [3.05, 3.63) is 75.9 Å². The Morgan fingerprint density at radius 1 is 1.23 bits per heavy atom. The third-order valence-corrected chi connectivity index (χ3v) is 5.29. The van der Waals surface area contributed by atoms with Crippen LogP contribution < -0.4 is 5.32 Å². The Balaban J connectivity index is 1.69. The zero-order valence-corrected chi connectivity index (χ0v) is 17.4. The highest BCUT2D eigenvalue weighted by Gasteiger charge is 2.21. The molecule has 0 aliphatic heterocycles. The molecule has 3 rings (SSSR count). The molecule has 9 nitrogen and oxygen atoms in total. The summed E-state index contributed by atoms with van der Waals surface area (Å²) < 4.78 is 1.67. The Hall–Kier alpha value is -3.59. The number of aromatic nitrogens is 3. The molecule has 30 heavy (non-hydrogen) atoms. The monoisotopic (exact) mass is 408 g/mol. The summed E-state index contributed by atoms with van der Waals surface area (Å²) in [6.45, 7) is 5.71. The first-order chi connectivity index (χ1) is 14.3. The van der Waals surface area contributed by atoms with Gasteiger partial charge < -0.3 is 5.32 Å². The molecule has 0 spiro atoms. The van der Waals surface area contributed by atoms with Crippen LogP contribution in [-0.4, -0.2) is 44.1 Å². The summed E-state index contributed by atoms with van der Waals surface area (Å²) in [5.41, 5.74) is 3.65. The van der Waals surface area contributed by atoms with Gasteiger partial charge in [0.2, 0.25) is 5.91 Å². The Bertz CT molecular complexity index is 1050. The number of nitro groups is 1. The predicted molar refractivity (Wildman–Crippen MR) is 114 cm³/mol. The number of hydrogen-bond donors (Lipinski definition) is 1. The van der Waals surface area contributed by atoms with Crippen molar-refractivity contribution in [1.29, 1.82) is 0 Å². The molecule has 1 amide bonds. The first-order valence-electron chi connectivity index (χ1n) is 9.47. The largest absolute Gasteiger partial charge is 0.319 e. The molecule has 1 aromatic heterocycles. The number of benzene rings is 2. The first kappa shape index (κ1) is 21.1. The maximum absolute atomic E-state index is 12.6. The second-order valence-electron chi connectivity index (χ2n) is 7.23. The normalized spacial score (nSPS) is 12.0. The number of carbonyl (C=O) groups is 1. The fourth-order valence-electron chi connectivity index (χ4n) is 3.16. The number of anilines is 1. The third kappa shape index (κ3) is 4.52. The third-order valence-electron chi connectivity index (χ3n) is 5.29. The molecule has 3 aromatic rings. The lowest BCUT2D eigenvalue weighted by Crippen LogP contribution is -2.32. The van der Waals surface area contributed by atoms with Gasteiger partial charge in [0.05, 0.1) is 17.2 Å². The Labute approximate surface area is 174 Å². The van der Waals surface area contributed by atoms with Crippen LogP contribution in [0.5, 0.6) is 0 Å². The highest BCUT2D eigenvalue weighted by molar-refractivity contribution is 5.95. The summed E-state index contributed by atoms with van der Waals surface area (Å²) >= 11 is 0. The second-order valence-corrected chi connectivity index (χ2v) is 7.23. The van der Waals surface area contributed by atoms with Gasteiger partial charge in [-0.2, -0.15) is 5.10 Å². The highest BCUT2D eigenvalue weighted by Crippen LogP contribution is 2.30. The van der Waals surface area contributed by atoms with Crippen LogP contribution in [0.1, 0.15) is 29.7 Å². The molecule has 0 aliphatic rings. The molecular weight excluding hydrogens is 384 g/mol. The molecule has 1 heterocycles. The summed E-state index contributed by atoms with van der Waals surface area (Å²) in [7, 11) is 1.84. The van der Waals surface area contributed by atoms with Crippen LogP contribution in [0.25, 0.3) is 5.69 Å². The number of likely N-dealkylation sites (N-methyl/N-ethyl adjacent to an activating group) is 1. The lowest BCUT2D eigenvalue weighted by Gasteiger charge is -2.25. The van der Waals surface area contributed by atoms with Gasteiger partial charge in [0.25, 0.3) is 5.69 Å². The fourth-order valence-corrected chi connectivity index (χ4v) is 3.16. The lowest BCUT2D eigenvalue weighted by atomic mass is 10.1. The summed E-state index contributed by atoms with van der Waals surface area (Å²) in [6, 6.07) is 10.9. The van der Waals surface area contributed by atoms with Crippen LogP contribution in [0.15, 0.2) is 49.1 Å².